The summed E-state index contributed by atoms with van der Waals surface area (Å²) in [7, 11) is 0. The van der Waals surface area contributed by atoms with Crippen molar-refractivity contribution in [2.24, 2.45) is 22.8 Å². The molecular formula is C16H29N3O2. The summed E-state index contributed by atoms with van der Waals surface area (Å²) in [4.78, 5) is 26.0. The first-order valence-electron chi connectivity index (χ1n) is 8.26. The molecule has 1 heterocycles. The van der Waals surface area contributed by atoms with Crippen LogP contribution in [0.15, 0.2) is 0 Å². The monoisotopic (exact) mass is 295 g/mol. The Hall–Kier alpha value is -1.10. The van der Waals surface area contributed by atoms with Gasteiger partial charge < -0.3 is 16.4 Å². The lowest BCUT2D eigenvalue weighted by Gasteiger charge is -2.41. The zero-order chi connectivity index (χ0) is 15.5. The molecule has 21 heavy (non-hydrogen) atoms. The zero-order valence-electron chi connectivity index (χ0n) is 13.1. The summed E-state index contributed by atoms with van der Waals surface area (Å²) in [5.74, 6) is -0.322. The van der Waals surface area contributed by atoms with Gasteiger partial charge in [0.05, 0.1) is 5.92 Å². The third kappa shape index (κ3) is 3.76. The third-order valence-corrected chi connectivity index (χ3v) is 5.48. The largest absolute Gasteiger partial charge is 0.369 e. The van der Waals surface area contributed by atoms with Crippen LogP contribution in [0.3, 0.4) is 0 Å². The Bertz CT molecular complexity index is 391. The van der Waals surface area contributed by atoms with Gasteiger partial charge in [-0.1, -0.05) is 19.3 Å². The van der Waals surface area contributed by atoms with E-state index in [4.69, 9.17) is 11.5 Å². The predicted octanol–water partition coefficient (Wildman–Crippen LogP) is 1.40. The highest BCUT2D eigenvalue weighted by molar-refractivity contribution is 5.80. The highest BCUT2D eigenvalue weighted by atomic mass is 16.2. The van der Waals surface area contributed by atoms with Crippen LogP contribution in [-0.2, 0) is 9.59 Å². The number of nitrogens with zero attached hydrogens (tertiary/aromatic N) is 1. The van der Waals surface area contributed by atoms with Crippen molar-refractivity contribution in [1.29, 1.82) is 0 Å². The second-order valence-electron chi connectivity index (χ2n) is 7.01. The third-order valence-electron chi connectivity index (χ3n) is 5.48. The number of nitrogens with two attached hydrogens (primary N) is 2. The highest BCUT2D eigenvalue weighted by Crippen LogP contribution is 2.39. The fraction of sp³-hybridized carbons (Fsp3) is 0.875. The van der Waals surface area contributed by atoms with Gasteiger partial charge in [0.25, 0.3) is 0 Å². The van der Waals surface area contributed by atoms with Gasteiger partial charge in [-0.15, -0.1) is 0 Å². The molecule has 1 saturated carbocycles. The maximum absolute atomic E-state index is 12.7. The van der Waals surface area contributed by atoms with Gasteiger partial charge in [0, 0.05) is 19.0 Å². The van der Waals surface area contributed by atoms with E-state index in [1.807, 2.05) is 4.90 Å². The first-order valence-corrected chi connectivity index (χ1v) is 8.26. The lowest BCUT2D eigenvalue weighted by Crippen LogP contribution is -2.50. The SMILES string of the molecule is CC1CCC(C(N)=O)CN1C(=O)CC1(CN)CCCCC1. The van der Waals surface area contributed by atoms with Crippen LogP contribution in [0, 0.1) is 11.3 Å². The van der Waals surface area contributed by atoms with Crippen LogP contribution in [-0.4, -0.2) is 35.8 Å². The normalized spacial score (nSPS) is 29.1. The molecule has 0 aromatic carbocycles. The molecule has 2 aliphatic rings. The van der Waals surface area contributed by atoms with E-state index >= 15 is 0 Å². The van der Waals surface area contributed by atoms with Crippen LogP contribution in [0.5, 0.6) is 0 Å². The number of carbonyl (C=O) groups is 2. The molecule has 5 heteroatoms. The van der Waals surface area contributed by atoms with Gasteiger partial charge in [0.15, 0.2) is 0 Å². The predicted molar refractivity (Wildman–Crippen MR) is 82.3 cm³/mol. The number of amides is 2. The Kier molecular flexibility index (Phi) is 5.25. The summed E-state index contributed by atoms with van der Waals surface area (Å²) in [6.45, 7) is 3.13. The number of rotatable bonds is 4. The Morgan fingerprint density at radius 2 is 1.86 bits per heavy atom. The maximum Gasteiger partial charge on any atom is 0.223 e. The first-order chi connectivity index (χ1) is 9.97. The summed E-state index contributed by atoms with van der Waals surface area (Å²) in [5.41, 5.74) is 11.4. The minimum atomic E-state index is -0.286. The molecule has 0 aromatic rings. The van der Waals surface area contributed by atoms with Crippen LogP contribution in [0.4, 0.5) is 0 Å². The van der Waals surface area contributed by atoms with Crippen molar-refractivity contribution < 1.29 is 9.59 Å². The van der Waals surface area contributed by atoms with E-state index in [1.54, 1.807) is 0 Å². The smallest absolute Gasteiger partial charge is 0.223 e. The van der Waals surface area contributed by atoms with Crippen LogP contribution in [0.1, 0.15) is 58.3 Å². The van der Waals surface area contributed by atoms with Crippen molar-refractivity contribution in [1.82, 2.24) is 4.90 Å². The van der Waals surface area contributed by atoms with E-state index < -0.39 is 0 Å². The summed E-state index contributed by atoms with van der Waals surface area (Å²) < 4.78 is 0. The molecule has 4 N–H and O–H groups in total. The molecule has 5 nitrogen and oxygen atoms in total. The van der Waals surface area contributed by atoms with Gasteiger partial charge in [0.1, 0.15) is 0 Å². The van der Waals surface area contributed by atoms with E-state index in [-0.39, 0.29) is 29.2 Å². The molecule has 1 saturated heterocycles. The minimum absolute atomic E-state index is 0.0191. The average molecular weight is 295 g/mol. The lowest BCUT2D eigenvalue weighted by atomic mass is 9.71. The van der Waals surface area contributed by atoms with Gasteiger partial charge >= 0.3 is 0 Å². The second-order valence-corrected chi connectivity index (χ2v) is 7.01. The Morgan fingerprint density at radius 1 is 1.19 bits per heavy atom. The Morgan fingerprint density at radius 3 is 2.43 bits per heavy atom. The zero-order valence-corrected chi connectivity index (χ0v) is 13.1. The topological polar surface area (TPSA) is 89.4 Å². The van der Waals surface area contributed by atoms with Crippen molar-refractivity contribution in [3.05, 3.63) is 0 Å². The molecule has 2 unspecified atom stereocenters. The molecule has 2 fully saturated rings. The number of carbonyl (C=O) groups excluding carboxylic acids is 2. The van der Waals surface area contributed by atoms with Crippen molar-refractivity contribution in [3.63, 3.8) is 0 Å². The molecule has 1 aliphatic heterocycles. The van der Waals surface area contributed by atoms with Crippen molar-refractivity contribution in [3.8, 4) is 0 Å². The van der Waals surface area contributed by atoms with E-state index in [2.05, 4.69) is 6.92 Å². The number of hydrogen-bond donors (Lipinski definition) is 2. The molecule has 2 atom stereocenters. The van der Waals surface area contributed by atoms with Crippen molar-refractivity contribution in [2.75, 3.05) is 13.1 Å². The van der Waals surface area contributed by atoms with Crippen molar-refractivity contribution >= 4 is 11.8 Å². The molecule has 0 spiro atoms. The van der Waals surface area contributed by atoms with E-state index in [1.165, 1.54) is 19.3 Å². The summed E-state index contributed by atoms with van der Waals surface area (Å²) in [6.07, 6.45) is 7.87. The van der Waals surface area contributed by atoms with Crippen LogP contribution in [0.25, 0.3) is 0 Å². The molecule has 120 valence electrons. The number of primary amides is 1. The van der Waals surface area contributed by atoms with Crippen LogP contribution in [0.2, 0.25) is 0 Å². The van der Waals surface area contributed by atoms with E-state index in [0.29, 0.717) is 19.5 Å². The quantitative estimate of drug-likeness (QED) is 0.821. The van der Waals surface area contributed by atoms with Crippen LogP contribution < -0.4 is 11.5 Å². The number of likely N-dealkylation sites (tertiary alicyclic amines) is 1. The van der Waals surface area contributed by atoms with Crippen LogP contribution >= 0.6 is 0 Å². The van der Waals surface area contributed by atoms with E-state index in [0.717, 1.165) is 25.7 Å². The fourth-order valence-electron chi connectivity index (χ4n) is 3.86. The van der Waals surface area contributed by atoms with Crippen molar-refractivity contribution in [2.45, 2.75) is 64.3 Å². The molecule has 0 radical (unpaired) electrons. The van der Waals surface area contributed by atoms with Gasteiger partial charge in [-0.3, -0.25) is 9.59 Å². The lowest BCUT2D eigenvalue weighted by molar-refractivity contribution is -0.140. The fourth-order valence-corrected chi connectivity index (χ4v) is 3.86. The first kappa shape index (κ1) is 16.3. The standard InChI is InChI=1S/C16H29N3O2/c1-12-5-6-13(15(18)21)10-19(12)14(20)9-16(11-17)7-3-2-4-8-16/h12-13H,2-11,17H2,1H3,(H2,18,21). The highest BCUT2D eigenvalue weighted by Gasteiger charge is 2.37. The maximum atomic E-state index is 12.7. The van der Waals surface area contributed by atoms with Gasteiger partial charge in [-0.25, -0.2) is 0 Å². The molecular weight excluding hydrogens is 266 g/mol. The average Bonchev–Trinajstić information content (AvgIpc) is 2.48. The summed E-state index contributed by atoms with van der Waals surface area (Å²) >= 11 is 0. The summed E-state index contributed by atoms with van der Waals surface area (Å²) in [5, 5.41) is 0. The van der Waals surface area contributed by atoms with E-state index in [9.17, 15) is 9.59 Å². The molecule has 0 aromatic heterocycles. The molecule has 1 aliphatic carbocycles. The van der Waals surface area contributed by atoms with Gasteiger partial charge in [-0.2, -0.15) is 0 Å². The number of hydrogen-bond acceptors (Lipinski definition) is 3. The molecule has 0 bridgehead atoms. The summed E-state index contributed by atoms with van der Waals surface area (Å²) in [6, 6.07) is 0.200. The molecule has 2 rings (SSSR count). The minimum Gasteiger partial charge on any atom is -0.369 e. The second kappa shape index (κ2) is 6.77. The Balaban J connectivity index is 2.01. The Labute approximate surface area is 127 Å². The van der Waals surface area contributed by atoms with Gasteiger partial charge in [0.2, 0.25) is 11.8 Å². The molecule has 2 amide bonds. The number of piperidine rings is 1. The van der Waals surface area contributed by atoms with Gasteiger partial charge in [-0.05, 0) is 44.6 Å².